The molecular weight excluding hydrogens is 240 g/mol. The highest BCUT2D eigenvalue weighted by atomic mass is 16.3. The van der Waals surface area contributed by atoms with Crippen molar-refractivity contribution in [2.24, 2.45) is 4.99 Å². The van der Waals surface area contributed by atoms with Crippen molar-refractivity contribution in [1.29, 1.82) is 0 Å². The molecular formula is C14H14N4O. The van der Waals surface area contributed by atoms with Gasteiger partial charge in [0.1, 0.15) is 11.5 Å². The van der Waals surface area contributed by atoms with Gasteiger partial charge in [-0.3, -0.25) is 15.0 Å². The molecule has 5 nitrogen and oxygen atoms in total. The lowest BCUT2D eigenvalue weighted by Crippen LogP contribution is -2.44. The predicted octanol–water partition coefficient (Wildman–Crippen LogP) is 0.714. The van der Waals surface area contributed by atoms with Crippen molar-refractivity contribution in [1.82, 2.24) is 15.3 Å². The third-order valence-electron chi connectivity index (χ3n) is 3.14. The van der Waals surface area contributed by atoms with Crippen LogP contribution < -0.4 is 5.32 Å². The van der Waals surface area contributed by atoms with Crippen LogP contribution >= 0.6 is 0 Å². The van der Waals surface area contributed by atoms with Crippen LogP contribution in [0.2, 0.25) is 0 Å². The Morgan fingerprint density at radius 1 is 1.16 bits per heavy atom. The van der Waals surface area contributed by atoms with Gasteiger partial charge in [-0.2, -0.15) is 0 Å². The molecule has 1 aromatic carbocycles. The van der Waals surface area contributed by atoms with Gasteiger partial charge in [0.2, 0.25) is 0 Å². The number of hydrogen-bond acceptors (Lipinski definition) is 5. The van der Waals surface area contributed by atoms with Crippen molar-refractivity contribution in [2.45, 2.75) is 5.60 Å². The van der Waals surface area contributed by atoms with E-state index in [1.54, 1.807) is 18.6 Å². The smallest absolute Gasteiger partial charge is 0.190 e. The first kappa shape index (κ1) is 11.8. The number of amidine groups is 1. The zero-order valence-electron chi connectivity index (χ0n) is 10.3. The van der Waals surface area contributed by atoms with E-state index >= 15 is 0 Å². The number of nitrogens with zero attached hydrogens (tertiary/aromatic N) is 3. The van der Waals surface area contributed by atoms with Crippen LogP contribution in [0.5, 0.6) is 0 Å². The molecule has 2 N–H and O–H groups in total. The van der Waals surface area contributed by atoms with Gasteiger partial charge in [0.25, 0.3) is 0 Å². The second-order valence-electron chi connectivity index (χ2n) is 4.32. The number of hydrogen-bond donors (Lipinski definition) is 2. The summed E-state index contributed by atoms with van der Waals surface area (Å²) in [4.78, 5) is 12.6. The van der Waals surface area contributed by atoms with Gasteiger partial charge in [-0.05, 0) is 5.56 Å². The van der Waals surface area contributed by atoms with Crippen molar-refractivity contribution >= 4 is 5.84 Å². The van der Waals surface area contributed by atoms with Crippen molar-refractivity contribution < 1.29 is 5.11 Å². The maximum absolute atomic E-state index is 11.2. The van der Waals surface area contributed by atoms with E-state index in [0.29, 0.717) is 18.1 Å². The summed E-state index contributed by atoms with van der Waals surface area (Å²) in [5.41, 5.74) is -0.176. The molecule has 0 aliphatic carbocycles. The van der Waals surface area contributed by atoms with Crippen LogP contribution in [0.15, 0.2) is 53.9 Å². The minimum absolute atomic E-state index is 0.467. The van der Waals surface area contributed by atoms with Gasteiger partial charge >= 0.3 is 0 Å². The molecule has 1 aromatic heterocycles. The zero-order chi connectivity index (χ0) is 13.1. The molecule has 5 heteroatoms. The molecule has 0 spiro atoms. The average Bonchev–Trinajstić information content (AvgIpc) is 3.03. The Balaban J connectivity index is 2.16. The molecule has 19 heavy (non-hydrogen) atoms. The zero-order valence-corrected chi connectivity index (χ0v) is 10.3. The predicted molar refractivity (Wildman–Crippen MR) is 71.8 cm³/mol. The van der Waals surface area contributed by atoms with Crippen LogP contribution in [0.4, 0.5) is 0 Å². The highest BCUT2D eigenvalue weighted by molar-refractivity contribution is 5.95. The van der Waals surface area contributed by atoms with E-state index in [9.17, 15) is 5.11 Å². The second-order valence-corrected chi connectivity index (χ2v) is 4.32. The number of aliphatic imine (C=N–C) groups is 1. The quantitative estimate of drug-likeness (QED) is 0.846. The minimum Gasteiger partial charge on any atom is -0.372 e. The molecule has 1 atom stereocenters. The molecule has 0 radical (unpaired) electrons. The normalized spacial score (nSPS) is 17.4. The van der Waals surface area contributed by atoms with E-state index in [0.717, 1.165) is 12.1 Å². The molecule has 3 rings (SSSR count). The number of aliphatic hydroxyl groups is 1. The Morgan fingerprint density at radius 2 is 2.00 bits per heavy atom. The monoisotopic (exact) mass is 254 g/mol. The summed E-state index contributed by atoms with van der Waals surface area (Å²) in [6.45, 7) is 1.38. The van der Waals surface area contributed by atoms with Gasteiger partial charge in [0.15, 0.2) is 5.60 Å². The van der Waals surface area contributed by atoms with Crippen molar-refractivity contribution in [3.05, 3.63) is 60.2 Å². The van der Waals surface area contributed by atoms with Gasteiger partial charge in [0.05, 0.1) is 12.7 Å². The maximum Gasteiger partial charge on any atom is 0.190 e. The molecule has 0 saturated carbocycles. The topological polar surface area (TPSA) is 70.4 Å². The van der Waals surface area contributed by atoms with Crippen LogP contribution in [-0.4, -0.2) is 34.0 Å². The summed E-state index contributed by atoms with van der Waals surface area (Å²) in [5.74, 6) is 0.527. The Bertz CT molecular complexity index is 543. The lowest BCUT2D eigenvalue weighted by molar-refractivity contribution is 0.147. The van der Waals surface area contributed by atoms with Gasteiger partial charge in [-0.25, -0.2) is 0 Å². The van der Waals surface area contributed by atoms with Gasteiger partial charge < -0.3 is 10.4 Å². The molecule has 0 saturated heterocycles. The fourth-order valence-corrected chi connectivity index (χ4v) is 2.21. The van der Waals surface area contributed by atoms with Crippen LogP contribution in [0.25, 0.3) is 0 Å². The largest absolute Gasteiger partial charge is 0.372 e. The Labute approximate surface area is 111 Å². The summed E-state index contributed by atoms with van der Waals surface area (Å²) in [6.07, 6.45) is 4.72. The molecule has 0 fully saturated rings. The van der Waals surface area contributed by atoms with E-state index in [1.165, 1.54) is 0 Å². The van der Waals surface area contributed by atoms with Crippen LogP contribution in [0, 0.1) is 0 Å². The standard InChI is InChI=1S/C14H14N4O/c19-14(13-17-8-9-18-13,11-4-2-1-3-5-11)12-10-15-6-7-16-12/h1-7,10,19H,8-9H2,(H,17,18). The van der Waals surface area contributed by atoms with Gasteiger partial charge in [0, 0.05) is 18.9 Å². The number of aromatic nitrogens is 2. The fraction of sp³-hybridized carbons (Fsp3) is 0.214. The van der Waals surface area contributed by atoms with E-state index < -0.39 is 5.60 Å². The molecule has 2 heterocycles. The maximum atomic E-state index is 11.2. The first-order valence-electron chi connectivity index (χ1n) is 6.15. The summed E-state index contributed by atoms with van der Waals surface area (Å²) >= 11 is 0. The lowest BCUT2D eigenvalue weighted by Gasteiger charge is -2.28. The van der Waals surface area contributed by atoms with Crippen LogP contribution in [-0.2, 0) is 5.60 Å². The Hall–Kier alpha value is -2.27. The molecule has 1 unspecified atom stereocenters. The van der Waals surface area contributed by atoms with E-state index in [1.807, 2.05) is 30.3 Å². The van der Waals surface area contributed by atoms with Gasteiger partial charge in [-0.15, -0.1) is 0 Å². The van der Waals surface area contributed by atoms with Crippen molar-refractivity contribution in [3.8, 4) is 0 Å². The summed E-state index contributed by atoms with van der Waals surface area (Å²) in [7, 11) is 0. The third kappa shape index (κ3) is 1.98. The molecule has 2 aromatic rings. The lowest BCUT2D eigenvalue weighted by atomic mass is 9.89. The fourth-order valence-electron chi connectivity index (χ4n) is 2.21. The molecule has 1 aliphatic heterocycles. The third-order valence-corrected chi connectivity index (χ3v) is 3.14. The molecule has 0 amide bonds. The number of nitrogens with one attached hydrogen (secondary N) is 1. The number of rotatable bonds is 3. The molecule has 1 aliphatic rings. The SMILES string of the molecule is OC(C1=NCCN1)(c1ccccc1)c1cnccn1. The highest BCUT2D eigenvalue weighted by Crippen LogP contribution is 2.29. The van der Waals surface area contributed by atoms with Gasteiger partial charge in [-0.1, -0.05) is 30.3 Å². The molecule has 96 valence electrons. The van der Waals surface area contributed by atoms with Crippen molar-refractivity contribution in [2.75, 3.05) is 13.1 Å². The highest BCUT2D eigenvalue weighted by Gasteiger charge is 2.40. The summed E-state index contributed by atoms with van der Waals surface area (Å²) in [6, 6.07) is 9.39. The minimum atomic E-state index is -1.37. The summed E-state index contributed by atoms with van der Waals surface area (Å²) in [5, 5.41) is 14.3. The first-order valence-corrected chi connectivity index (χ1v) is 6.15. The van der Waals surface area contributed by atoms with E-state index in [-0.39, 0.29) is 0 Å². The summed E-state index contributed by atoms with van der Waals surface area (Å²) < 4.78 is 0. The molecule has 0 bridgehead atoms. The second kappa shape index (κ2) is 4.78. The van der Waals surface area contributed by atoms with Crippen LogP contribution in [0.3, 0.4) is 0 Å². The first-order chi connectivity index (χ1) is 9.32. The van der Waals surface area contributed by atoms with Crippen molar-refractivity contribution in [3.63, 3.8) is 0 Å². The Morgan fingerprint density at radius 3 is 2.63 bits per heavy atom. The Kier molecular flexibility index (Phi) is 2.97. The number of benzene rings is 1. The average molecular weight is 254 g/mol. The van der Waals surface area contributed by atoms with E-state index in [4.69, 9.17) is 0 Å². The van der Waals surface area contributed by atoms with E-state index in [2.05, 4.69) is 20.3 Å². The van der Waals surface area contributed by atoms with Crippen LogP contribution in [0.1, 0.15) is 11.3 Å².